The van der Waals surface area contributed by atoms with Crippen LogP contribution in [-0.4, -0.2) is 12.7 Å². The summed E-state index contributed by atoms with van der Waals surface area (Å²) in [5.74, 6) is 0. The lowest BCUT2D eigenvalue weighted by molar-refractivity contribution is -0.0780. The third-order valence-electron chi connectivity index (χ3n) is 3.27. The molecular weight excluding hydrogens is 375 g/mol. The SMILES string of the molecule is COC1(CC(Cl)c2cc(Br)sc2Br)CCC1. The largest absolute Gasteiger partial charge is 0.378 e. The Morgan fingerprint density at radius 2 is 2.25 bits per heavy atom. The molecular formula is C11H13Br2ClOS. The average Bonchev–Trinajstić information content (AvgIpc) is 2.51. The fraction of sp³-hybridized carbons (Fsp3) is 0.636. The maximum Gasteiger partial charge on any atom is 0.0757 e. The molecule has 0 spiro atoms. The first kappa shape index (κ1) is 13.3. The zero-order valence-electron chi connectivity index (χ0n) is 8.93. The number of alkyl halides is 1. The summed E-state index contributed by atoms with van der Waals surface area (Å²) in [4.78, 5) is 0. The van der Waals surface area contributed by atoms with Crippen LogP contribution in [0.2, 0.25) is 0 Å². The molecule has 0 N–H and O–H groups in total. The molecule has 1 aromatic heterocycles. The molecule has 2 rings (SSSR count). The van der Waals surface area contributed by atoms with Crippen molar-refractivity contribution >= 4 is 54.8 Å². The summed E-state index contributed by atoms with van der Waals surface area (Å²) in [5.41, 5.74) is 1.20. The molecule has 1 aliphatic rings. The van der Waals surface area contributed by atoms with Gasteiger partial charge in [0, 0.05) is 7.11 Å². The van der Waals surface area contributed by atoms with Crippen LogP contribution in [0.3, 0.4) is 0 Å². The summed E-state index contributed by atoms with van der Waals surface area (Å²) in [6.07, 6.45) is 4.42. The minimum atomic E-state index is 0.0252. The fourth-order valence-electron chi connectivity index (χ4n) is 2.07. The second-order valence-electron chi connectivity index (χ2n) is 4.19. The van der Waals surface area contributed by atoms with Crippen molar-refractivity contribution in [1.29, 1.82) is 0 Å². The number of methoxy groups -OCH3 is 1. The molecule has 1 aromatic rings. The Hall–Kier alpha value is 0.910. The van der Waals surface area contributed by atoms with Crippen LogP contribution < -0.4 is 0 Å². The molecule has 0 amide bonds. The van der Waals surface area contributed by atoms with E-state index in [1.807, 2.05) is 0 Å². The van der Waals surface area contributed by atoms with Gasteiger partial charge in [0.15, 0.2) is 0 Å². The minimum Gasteiger partial charge on any atom is -0.378 e. The first-order valence-corrected chi connectivity index (χ1v) is 8.04. The summed E-state index contributed by atoms with van der Waals surface area (Å²) in [7, 11) is 1.79. The normalized spacial score (nSPS) is 20.5. The van der Waals surface area contributed by atoms with Crippen molar-refractivity contribution in [2.24, 2.45) is 0 Å². The van der Waals surface area contributed by atoms with E-state index < -0.39 is 0 Å². The molecule has 5 heteroatoms. The first-order chi connectivity index (χ1) is 7.56. The molecule has 1 fully saturated rings. The maximum atomic E-state index is 6.48. The molecule has 1 saturated carbocycles. The quantitative estimate of drug-likeness (QED) is 0.618. The van der Waals surface area contributed by atoms with Crippen molar-refractivity contribution in [2.45, 2.75) is 36.7 Å². The van der Waals surface area contributed by atoms with Crippen LogP contribution in [0.4, 0.5) is 0 Å². The highest BCUT2D eigenvalue weighted by molar-refractivity contribution is 9.12. The maximum absolute atomic E-state index is 6.48. The molecule has 16 heavy (non-hydrogen) atoms. The van der Waals surface area contributed by atoms with E-state index in [4.69, 9.17) is 16.3 Å². The number of rotatable bonds is 4. The van der Waals surface area contributed by atoms with Gasteiger partial charge in [-0.3, -0.25) is 0 Å². The fourth-order valence-corrected chi connectivity index (χ4v) is 5.69. The Labute approximate surface area is 122 Å². The van der Waals surface area contributed by atoms with Gasteiger partial charge in [-0.15, -0.1) is 22.9 Å². The number of thiophene rings is 1. The Morgan fingerprint density at radius 1 is 1.56 bits per heavy atom. The number of halogens is 3. The van der Waals surface area contributed by atoms with E-state index >= 15 is 0 Å². The lowest BCUT2D eigenvalue weighted by atomic mass is 9.76. The molecule has 0 saturated heterocycles. The van der Waals surface area contributed by atoms with E-state index in [0.717, 1.165) is 26.8 Å². The Kier molecular flexibility index (Phi) is 4.39. The third-order valence-corrected chi connectivity index (χ3v) is 6.04. The Morgan fingerprint density at radius 3 is 2.62 bits per heavy atom. The summed E-state index contributed by atoms with van der Waals surface area (Å²) < 4.78 is 7.83. The van der Waals surface area contributed by atoms with E-state index in [2.05, 4.69) is 37.9 Å². The first-order valence-electron chi connectivity index (χ1n) is 5.20. The molecule has 0 bridgehead atoms. The van der Waals surface area contributed by atoms with Crippen molar-refractivity contribution in [3.05, 3.63) is 19.2 Å². The van der Waals surface area contributed by atoms with Gasteiger partial charge in [0.1, 0.15) is 0 Å². The smallest absolute Gasteiger partial charge is 0.0757 e. The number of hydrogen-bond donors (Lipinski definition) is 0. The molecule has 1 nitrogen and oxygen atoms in total. The van der Waals surface area contributed by atoms with E-state index in [1.165, 1.54) is 12.0 Å². The minimum absolute atomic E-state index is 0.0252. The van der Waals surface area contributed by atoms with E-state index in [9.17, 15) is 0 Å². The van der Waals surface area contributed by atoms with Gasteiger partial charge < -0.3 is 4.74 Å². The second kappa shape index (κ2) is 5.27. The number of hydrogen-bond acceptors (Lipinski definition) is 2. The van der Waals surface area contributed by atoms with Crippen LogP contribution in [-0.2, 0) is 4.74 Å². The molecule has 0 aromatic carbocycles. The van der Waals surface area contributed by atoms with Crippen LogP contribution in [0, 0.1) is 0 Å². The molecule has 1 aliphatic carbocycles. The van der Waals surface area contributed by atoms with Crippen molar-refractivity contribution < 1.29 is 4.74 Å². The second-order valence-corrected chi connectivity index (χ2v) is 8.47. The standard InChI is InChI=1S/C11H13Br2ClOS/c1-15-11(3-2-4-11)6-8(14)7-5-9(12)16-10(7)13/h5,8H,2-4,6H2,1H3. The average molecular weight is 389 g/mol. The van der Waals surface area contributed by atoms with E-state index in [-0.39, 0.29) is 11.0 Å². The van der Waals surface area contributed by atoms with Gasteiger partial charge in [0.25, 0.3) is 0 Å². The van der Waals surface area contributed by atoms with Gasteiger partial charge in [0.2, 0.25) is 0 Å². The summed E-state index contributed by atoms with van der Waals surface area (Å²) in [5, 5.41) is 0.0252. The van der Waals surface area contributed by atoms with Gasteiger partial charge in [-0.05, 0) is 69.2 Å². The van der Waals surface area contributed by atoms with Crippen LogP contribution in [0.1, 0.15) is 36.6 Å². The van der Waals surface area contributed by atoms with Gasteiger partial charge in [-0.2, -0.15) is 0 Å². The molecule has 1 atom stereocenters. The predicted molar refractivity (Wildman–Crippen MR) is 76.5 cm³/mol. The van der Waals surface area contributed by atoms with Crippen LogP contribution >= 0.6 is 54.8 Å². The van der Waals surface area contributed by atoms with Crippen LogP contribution in [0.15, 0.2) is 13.6 Å². The Bertz CT molecular complexity index is 371. The summed E-state index contributed by atoms with van der Waals surface area (Å²) in [6, 6.07) is 2.09. The van der Waals surface area contributed by atoms with Crippen molar-refractivity contribution in [2.75, 3.05) is 7.11 Å². The molecule has 0 aliphatic heterocycles. The van der Waals surface area contributed by atoms with E-state index in [1.54, 1.807) is 18.4 Å². The lowest BCUT2D eigenvalue weighted by Crippen LogP contribution is -2.39. The van der Waals surface area contributed by atoms with Crippen molar-refractivity contribution in [3.63, 3.8) is 0 Å². The highest BCUT2D eigenvalue weighted by Crippen LogP contribution is 2.47. The molecule has 1 heterocycles. The molecule has 1 unspecified atom stereocenters. The summed E-state index contributed by atoms with van der Waals surface area (Å²) in [6.45, 7) is 0. The summed E-state index contributed by atoms with van der Waals surface area (Å²) >= 11 is 15.2. The monoisotopic (exact) mass is 386 g/mol. The predicted octanol–water partition coefficient (Wildman–Crippen LogP) is 5.51. The highest BCUT2D eigenvalue weighted by Gasteiger charge is 2.39. The zero-order chi connectivity index (χ0) is 11.8. The van der Waals surface area contributed by atoms with Gasteiger partial charge >= 0.3 is 0 Å². The van der Waals surface area contributed by atoms with Crippen molar-refractivity contribution in [3.8, 4) is 0 Å². The van der Waals surface area contributed by atoms with Gasteiger partial charge in [0.05, 0.1) is 18.6 Å². The van der Waals surface area contributed by atoms with Crippen LogP contribution in [0.25, 0.3) is 0 Å². The van der Waals surface area contributed by atoms with Crippen molar-refractivity contribution in [1.82, 2.24) is 0 Å². The van der Waals surface area contributed by atoms with E-state index in [0.29, 0.717) is 0 Å². The zero-order valence-corrected chi connectivity index (χ0v) is 13.7. The number of ether oxygens (including phenoxy) is 1. The lowest BCUT2D eigenvalue weighted by Gasteiger charge is -2.41. The van der Waals surface area contributed by atoms with Gasteiger partial charge in [-0.1, -0.05) is 0 Å². The highest BCUT2D eigenvalue weighted by atomic mass is 79.9. The third kappa shape index (κ3) is 2.66. The Balaban J connectivity index is 2.07. The molecule has 90 valence electrons. The molecule has 0 radical (unpaired) electrons. The van der Waals surface area contributed by atoms with Gasteiger partial charge in [-0.25, -0.2) is 0 Å². The topological polar surface area (TPSA) is 9.23 Å². The van der Waals surface area contributed by atoms with Crippen LogP contribution in [0.5, 0.6) is 0 Å².